The van der Waals surface area contributed by atoms with Crippen molar-refractivity contribution < 1.29 is 4.79 Å². The van der Waals surface area contributed by atoms with Crippen LogP contribution in [-0.4, -0.2) is 18.5 Å². The highest BCUT2D eigenvalue weighted by Crippen LogP contribution is 2.35. The van der Waals surface area contributed by atoms with E-state index in [9.17, 15) is 4.79 Å². The number of nitrogens with two attached hydrogens (primary N) is 1. The third-order valence-corrected chi connectivity index (χ3v) is 4.10. The molecule has 1 aliphatic rings. The molecule has 0 aromatic carbocycles. The van der Waals surface area contributed by atoms with Gasteiger partial charge in [-0.15, -0.1) is 0 Å². The molecule has 0 heterocycles. The van der Waals surface area contributed by atoms with Crippen LogP contribution >= 0.6 is 0 Å². The average Bonchev–Trinajstić information content (AvgIpc) is 2.28. The number of hydrogen-bond donors (Lipinski definition) is 2. The molecule has 0 saturated heterocycles. The van der Waals surface area contributed by atoms with Crippen LogP contribution < -0.4 is 11.1 Å². The Morgan fingerprint density at radius 1 is 1.33 bits per heavy atom. The molecule has 3 N–H and O–H groups in total. The second kappa shape index (κ2) is 6.55. The van der Waals surface area contributed by atoms with Gasteiger partial charge in [0.05, 0.1) is 5.92 Å². The van der Waals surface area contributed by atoms with Gasteiger partial charge in [-0.3, -0.25) is 4.79 Å². The summed E-state index contributed by atoms with van der Waals surface area (Å²) in [5.74, 6) is 0.672. The standard InChI is InChI=1S/C15H30N2O/c1-11(2)9-12(10-16)14(18)17-13-5-7-15(3,4)8-6-13/h11-13H,5-10,16H2,1-4H3,(H,17,18). The minimum atomic E-state index is -0.0139. The summed E-state index contributed by atoms with van der Waals surface area (Å²) in [6.45, 7) is 9.36. The number of amides is 1. The van der Waals surface area contributed by atoms with E-state index in [1.54, 1.807) is 0 Å². The van der Waals surface area contributed by atoms with Gasteiger partial charge in [-0.05, 0) is 43.4 Å². The van der Waals surface area contributed by atoms with Gasteiger partial charge in [0.15, 0.2) is 0 Å². The summed E-state index contributed by atoms with van der Waals surface area (Å²) >= 11 is 0. The largest absolute Gasteiger partial charge is 0.353 e. The first-order chi connectivity index (χ1) is 8.34. The fourth-order valence-corrected chi connectivity index (χ4v) is 2.74. The Morgan fingerprint density at radius 2 is 1.89 bits per heavy atom. The van der Waals surface area contributed by atoms with Gasteiger partial charge in [0.1, 0.15) is 0 Å². The molecule has 1 unspecified atom stereocenters. The van der Waals surface area contributed by atoms with Crippen molar-refractivity contribution in [3.05, 3.63) is 0 Å². The maximum atomic E-state index is 12.1. The first kappa shape index (κ1) is 15.5. The lowest BCUT2D eigenvalue weighted by Crippen LogP contribution is -2.44. The van der Waals surface area contributed by atoms with Crippen LogP contribution in [0.15, 0.2) is 0 Å². The van der Waals surface area contributed by atoms with Gasteiger partial charge >= 0.3 is 0 Å². The number of carbonyl (C=O) groups excluding carboxylic acids is 1. The van der Waals surface area contributed by atoms with E-state index in [0.29, 0.717) is 23.9 Å². The molecule has 0 aliphatic heterocycles. The monoisotopic (exact) mass is 254 g/mol. The molecular weight excluding hydrogens is 224 g/mol. The van der Waals surface area contributed by atoms with Crippen LogP contribution in [0.25, 0.3) is 0 Å². The van der Waals surface area contributed by atoms with Crippen LogP contribution in [-0.2, 0) is 4.79 Å². The van der Waals surface area contributed by atoms with E-state index in [1.807, 2.05) is 0 Å². The molecule has 0 aromatic rings. The normalized spacial score (nSPS) is 21.9. The predicted octanol–water partition coefficient (Wildman–Crippen LogP) is 2.69. The quantitative estimate of drug-likeness (QED) is 0.792. The summed E-state index contributed by atoms with van der Waals surface area (Å²) in [5.41, 5.74) is 6.16. The maximum absolute atomic E-state index is 12.1. The van der Waals surface area contributed by atoms with Crippen molar-refractivity contribution in [1.82, 2.24) is 5.32 Å². The van der Waals surface area contributed by atoms with E-state index >= 15 is 0 Å². The summed E-state index contributed by atoms with van der Waals surface area (Å²) in [6.07, 6.45) is 5.51. The zero-order chi connectivity index (χ0) is 13.8. The van der Waals surface area contributed by atoms with Gasteiger partial charge in [-0.1, -0.05) is 27.7 Å². The zero-order valence-corrected chi connectivity index (χ0v) is 12.5. The highest BCUT2D eigenvalue weighted by atomic mass is 16.1. The maximum Gasteiger partial charge on any atom is 0.224 e. The molecule has 1 rings (SSSR count). The Bertz CT molecular complexity index is 264. The minimum Gasteiger partial charge on any atom is -0.353 e. The Balaban J connectivity index is 2.40. The van der Waals surface area contributed by atoms with Crippen LogP contribution in [0, 0.1) is 17.3 Å². The molecule has 1 aliphatic carbocycles. The van der Waals surface area contributed by atoms with Crippen molar-refractivity contribution in [3.8, 4) is 0 Å². The summed E-state index contributed by atoms with van der Waals surface area (Å²) < 4.78 is 0. The highest BCUT2D eigenvalue weighted by Gasteiger charge is 2.29. The van der Waals surface area contributed by atoms with Crippen LogP contribution in [0.3, 0.4) is 0 Å². The molecule has 0 aromatic heterocycles. The Morgan fingerprint density at radius 3 is 2.33 bits per heavy atom. The second-order valence-corrected chi connectivity index (χ2v) is 7.01. The van der Waals surface area contributed by atoms with Crippen LogP contribution in [0.1, 0.15) is 59.8 Å². The summed E-state index contributed by atoms with van der Waals surface area (Å²) in [6, 6.07) is 0.367. The van der Waals surface area contributed by atoms with E-state index < -0.39 is 0 Å². The average molecular weight is 254 g/mol. The molecule has 3 heteroatoms. The van der Waals surface area contributed by atoms with E-state index in [0.717, 1.165) is 19.3 Å². The zero-order valence-electron chi connectivity index (χ0n) is 12.5. The molecule has 1 amide bonds. The van der Waals surface area contributed by atoms with Crippen molar-refractivity contribution >= 4 is 5.91 Å². The molecule has 106 valence electrons. The van der Waals surface area contributed by atoms with E-state index in [2.05, 4.69) is 33.0 Å². The molecule has 1 fully saturated rings. The van der Waals surface area contributed by atoms with Gasteiger partial charge in [-0.2, -0.15) is 0 Å². The van der Waals surface area contributed by atoms with E-state index in [1.165, 1.54) is 12.8 Å². The third-order valence-electron chi connectivity index (χ3n) is 4.10. The van der Waals surface area contributed by atoms with Gasteiger partial charge < -0.3 is 11.1 Å². The highest BCUT2D eigenvalue weighted by molar-refractivity contribution is 5.79. The van der Waals surface area contributed by atoms with E-state index in [4.69, 9.17) is 5.73 Å². The summed E-state index contributed by atoms with van der Waals surface area (Å²) in [5, 5.41) is 3.19. The van der Waals surface area contributed by atoms with Gasteiger partial charge in [0, 0.05) is 12.6 Å². The predicted molar refractivity (Wildman–Crippen MR) is 76.2 cm³/mol. The molecule has 0 spiro atoms. The first-order valence-electron chi connectivity index (χ1n) is 7.34. The molecule has 18 heavy (non-hydrogen) atoms. The Hall–Kier alpha value is -0.570. The Kier molecular flexibility index (Phi) is 5.64. The number of hydrogen-bond acceptors (Lipinski definition) is 2. The first-order valence-corrected chi connectivity index (χ1v) is 7.34. The number of carbonyl (C=O) groups is 1. The van der Waals surface area contributed by atoms with Gasteiger partial charge in [-0.25, -0.2) is 0 Å². The fraction of sp³-hybridized carbons (Fsp3) is 0.933. The van der Waals surface area contributed by atoms with Crippen LogP contribution in [0.4, 0.5) is 0 Å². The molecule has 0 bridgehead atoms. The molecule has 3 nitrogen and oxygen atoms in total. The SMILES string of the molecule is CC(C)CC(CN)C(=O)NC1CCC(C)(C)CC1. The lowest BCUT2D eigenvalue weighted by molar-refractivity contribution is -0.126. The summed E-state index contributed by atoms with van der Waals surface area (Å²) in [4.78, 5) is 12.1. The lowest BCUT2D eigenvalue weighted by atomic mass is 9.75. The molecule has 0 radical (unpaired) electrons. The molecular formula is C15H30N2O. The molecule has 1 saturated carbocycles. The smallest absolute Gasteiger partial charge is 0.224 e. The van der Waals surface area contributed by atoms with Crippen molar-refractivity contribution in [1.29, 1.82) is 0 Å². The number of rotatable bonds is 5. The number of nitrogens with one attached hydrogen (secondary N) is 1. The fourth-order valence-electron chi connectivity index (χ4n) is 2.74. The van der Waals surface area contributed by atoms with Crippen molar-refractivity contribution in [3.63, 3.8) is 0 Å². The van der Waals surface area contributed by atoms with Crippen molar-refractivity contribution in [2.45, 2.75) is 65.8 Å². The van der Waals surface area contributed by atoms with Crippen LogP contribution in [0.5, 0.6) is 0 Å². The second-order valence-electron chi connectivity index (χ2n) is 7.01. The van der Waals surface area contributed by atoms with Gasteiger partial charge in [0.2, 0.25) is 5.91 Å². The van der Waals surface area contributed by atoms with Crippen molar-refractivity contribution in [2.24, 2.45) is 23.0 Å². The van der Waals surface area contributed by atoms with Crippen molar-refractivity contribution in [2.75, 3.05) is 6.54 Å². The topological polar surface area (TPSA) is 55.1 Å². The summed E-state index contributed by atoms with van der Waals surface area (Å²) in [7, 11) is 0. The minimum absolute atomic E-state index is 0.0139. The Labute approximate surface area is 112 Å². The molecule has 1 atom stereocenters. The van der Waals surface area contributed by atoms with Crippen LogP contribution in [0.2, 0.25) is 0 Å². The third kappa shape index (κ3) is 4.97. The van der Waals surface area contributed by atoms with Gasteiger partial charge in [0.25, 0.3) is 0 Å². The van der Waals surface area contributed by atoms with E-state index in [-0.39, 0.29) is 11.8 Å². The lowest BCUT2D eigenvalue weighted by Gasteiger charge is -2.35.